The number of hydrogen-bond acceptors (Lipinski definition) is 3. The Morgan fingerprint density at radius 2 is 1.94 bits per heavy atom. The molecular formula is C29H37O3P. The summed E-state index contributed by atoms with van der Waals surface area (Å²) >= 11 is 0. The summed E-state index contributed by atoms with van der Waals surface area (Å²) in [6.07, 6.45) is 10.7. The fraction of sp³-hybridized carbons (Fsp3) is 0.552. The molecule has 3 saturated carbocycles. The zero-order chi connectivity index (χ0) is 23.6. The monoisotopic (exact) mass is 464 g/mol. The molecule has 0 unspecified atom stereocenters. The van der Waals surface area contributed by atoms with E-state index in [-0.39, 0.29) is 11.3 Å². The zero-order valence-electron chi connectivity index (χ0n) is 20.3. The largest absolute Gasteiger partial charge is 0.389 e. The van der Waals surface area contributed by atoms with Crippen LogP contribution in [0.1, 0.15) is 69.8 Å². The fourth-order valence-electron chi connectivity index (χ4n) is 7.63. The summed E-state index contributed by atoms with van der Waals surface area (Å²) in [5.41, 5.74) is 4.58. The van der Waals surface area contributed by atoms with Gasteiger partial charge in [0.1, 0.15) is 12.9 Å². The van der Waals surface area contributed by atoms with E-state index in [9.17, 15) is 14.5 Å². The van der Waals surface area contributed by atoms with Gasteiger partial charge < -0.3 is 9.67 Å². The van der Waals surface area contributed by atoms with Gasteiger partial charge in [-0.1, -0.05) is 48.9 Å². The molecule has 33 heavy (non-hydrogen) atoms. The lowest BCUT2D eigenvalue weighted by Gasteiger charge is -2.54. The predicted molar refractivity (Wildman–Crippen MR) is 136 cm³/mol. The van der Waals surface area contributed by atoms with E-state index in [1.807, 2.05) is 31.5 Å². The quantitative estimate of drug-likeness (QED) is 0.430. The van der Waals surface area contributed by atoms with Crippen LogP contribution in [0.3, 0.4) is 0 Å². The van der Waals surface area contributed by atoms with Crippen molar-refractivity contribution < 1.29 is 14.5 Å². The molecule has 0 amide bonds. The molecule has 0 aromatic heterocycles. The first-order valence-electron chi connectivity index (χ1n) is 12.5. The summed E-state index contributed by atoms with van der Waals surface area (Å²) in [4.78, 5) is 12.2. The second-order valence-electron chi connectivity index (χ2n) is 11.5. The molecule has 3 nitrogen and oxygen atoms in total. The SMILES string of the molecule is C=CC[C@]1(O)CC[C@H]2[C@@H]3CC=C4CC(=O)CCC4=C3[C@@H](c3ccc(P(C)(C)=O)cc3)C[C@@]21C. The number of aliphatic hydroxyl groups is 1. The third kappa shape index (κ3) is 3.58. The molecule has 0 bridgehead atoms. The van der Waals surface area contributed by atoms with Crippen molar-refractivity contribution in [1.29, 1.82) is 0 Å². The highest BCUT2D eigenvalue weighted by molar-refractivity contribution is 7.70. The van der Waals surface area contributed by atoms with Gasteiger partial charge in [0, 0.05) is 29.5 Å². The van der Waals surface area contributed by atoms with Crippen LogP contribution < -0.4 is 5.30 Å². The van der Waals surface area contributed by atoms with Crippen LogP contribution in [0.5, 0.6) is 0 Å². The van der Waals surface area contributed by atoms with Gasteiger partial charge in [-0.2, -0.15) is 0 Å². The average molecular weight is 465 g/mol. The highest BCUT2D eigenvalue weighted by atomic mass is 31.2. The van der Waals surface area contributed by atoms with Gasteiger partial charge in [-0.3, -0.25) is 4.79 Å². The number of ketones is 1. The Labute approximate surface area is 198 Å². The third-order valence-corrected chi connectivity index (χ3v) is 11.0. The maximum absolute atomic E-state index is 12.6. The van der Waals surface area contributed by atoms with Gasteiger partial charge in [-0.15, -0.1) is 6.58 Å². The van der Waals surface area contributed by atoms with Crippen molar-refractivity contribution >= 4 is 18.2 Å². The molecule has 5 rings (SSSR count). The summed E-state index contributed by atoms with van der Waals surface area (Å²) in [6.45, 7) is 9.90. The molecule has 0 heterocycles. The van der Waals surface area contributed by atoms with Crippen molar-refractivity contribution in [2.24, 2.45) is 17.3 Å². The molecule has 1 aromatic carbocycles. The lowest BCUT2D eigenvalue weighted by molar-refractivity contribution is -0.118. The van der Waals surface area contributed by atoms with E-state index >= 15 is 0 Å². The van der Waals surface area contributed by atoms with Crippen molar-refractivity contribution in [2.75, 3.05) is 13.3 Å². The Kier molecular flexibility index (Phi) is 5.54. The molecule has 5 atom stereocenters. The Bertz CT molecular complexity index is 1100. The standard InChI is InChI=1S/C29H37O3P/c1-5-15-29(31)16-14-26-24-12-8-20-17-21(30)9-13-23(20)27(24)25(18-28(26,29)2)19-6-10-22(11-7-19)33(3,4)32/h5-8,10-11,24-26,31H,1,9,12-18H2,2-4H3/t24-,25+,26-,28-,29-/m0/s1. The van der Waals surface area contributed by atoms with E-state index in [2.05, 4.69) is 31.7 Å². The highest BCUT2D eigenvalue weighted by Gasteiger charge is 2.62. The Morgan fingerprint density at radius 1 is 1.21 bits per heavy atom. The Hall–Kier alpha value is -1.70. The van der Waals surface area contributed by atoms with Gasteiger partial charge >= 0.3 is 0 Å². The molecule has 4 heteroatoms. The molecule has 176 valence electrons. The molecule has 0 radical (unpaired) electrons. The van der Waals surface area contributed by atoms with Gasteiger partial charge in [0.25, 0.3) is 0 Å². The first-order valence-corrected chi connectivity index (χ1v) is 15.1. The third-order valence-electron chi connectivity index (χ3n) is 9.43. The van der Waals surface area contributed by atoms with Crippen molar-refractivity contribution in [3.05, 3.63) is 65.3 Å². The van der Waals surface area contributed by atoms with E-state index in [0.29, 0.717) is 36.9 Å². The van der Waals surface area contributed by atoms with E-state index < -0.39 is 12.7 Å². The number of benzene rings is 1. The zero-order valence-corrected chi connectivity index (χ0v) is 21.2. The fourth-order valence-corrected chi connectivity index (χ4v) is 8.50. The van der Waals surface area contributed by atoms with Crippen LogP contribution in [-0.2, 0) is 9.36 Å². The number of carbonyl (C=O) groups is 1. The second-order valence-corrected chi connectivity index (χ2v) is 14.7. The summed E-state index contributed by atoms with van der Waals surface area (Å²) in [5, 5.41) is 12.7. The van der Waals surface area contributed by atoms with Crippen LogP contribution in [-0.4, -0.2) is 29.8 Å². The maximum atomic E-state index is 12.6. The Morgan fingerprint density at radius 3 is 2.61 bits per heavy atom. The minimum atomic E-state index is -2.31. The number of rotatable bonds is 4. The summed E-state index contributed by atoms with van der Waals surface area (Å²) in [6, 6.07) is 8.42. The summed E-state index contributed by atoms with van der Waals surface area (Å²) in [5.74, 6) is 1.44. The molecule has 0 spiro atoms. The maximum Gasteiger partial charge on any atom is 0.137 e. The number of fused-ring (bicyclic) bond motifs is 4. The van der Waals surface area contributed by atoms with E-state index in [1.54, 1.807) is 0 Å². The molecular weight excluding hydrogens is 427 g/mol. The lowest BCUT2D eigenvalue weighted by Crippen LogP contribution is -2.51. The Balaban J connectivity index is 1.64. The number of allylic oxidation sites excluding steroid dienone is 4. The molecule has 0 saturated heterocycles. The van der Waals surface area contributed by atoms with Gasteiger partial charge in [0.2, 0.25) is 0 Å². The van der Waals surface area contributed by atoms with Gasteiger partial charge in [0.05, 0.1) is 5.60 Å². The molecule has 4 aliphatic carbocycles. The second kappa shape index (κ2) is 7.92. The van der Waals surface area contributed by atoms with Crippen LogP contribution in [0, 0.1) is 17.3 Å². The van der Waals surface area contributed by atoms with E-state index in [1.165, 1.54) is 22.3 Å². The van der Waals surface area contributed by atoms with Crippen molar-refractivity contribution in [2.45, 2.75) is 69.8 Å². The summed E-state index contributed by atoms with van der Waals surface area (Å²) in [7, 11) is -2.31. The molecule has 1 N–H and O–H groups in total. The predicted octanol–water partition coefficient (Wildman–Crippen LogP) is 6.14. The topological polar surface area (TPSA) is 54.4 Å². The van der Waals surface area contributed by atoms with Crippen molar-refractivity contribution in [3.8, 4) is 0 Å². The minimum absolute atomic E-state index is 0.181. The molecule has 4 aliphatic rings. The first-order chi connectivity index (χ1) is 15.6. The molecule has 1 aromatic rings. The van der Waals surface area contributed by atoms with Crippen LogP contribution in [0.4, 0.5) is 0 Å². The first kappa shape index (κ1) is 23.1. The highest BCUT2D eigenvalue weighted by Crippen LogP contribution is 2.67. The lowest BCUT2D eigenvalue weighted by atomic mass is 9.51. The molecule has 0 aliphatic heterocycles. The van der Waals surface area contributed by atoms with Gasteiger partial charge in [0.15, 0.2) is 0 Å². The van der Waals surface area contributed by atoms with E-state index in [4.69, 9.17) is 0 Å². The van der Waals surface area contributed by atoms with Crippen molar-refractivity contribution in [3.63, 3.8) is 0 Å². The van der Waals surface area contributed by atoms with Crippen molar-refractivity contribution in [1.82, 2.24) is 0 Å². The summed E-state index contributed by atoms with van der Waals surface area (Å²) < 4.78 is 12.6. The number of carbonyl (C=O) groups excluding carboxylic acids is 1. The van der Waals surface area contributed by atoms with Crippen LogP contribution in [0.2, 0.25) is 0 Å². The van der Waals surface area contributed by atoms with Crippen LogP contribution >= 0.6 is 7.14 Å². The molecule has 3 fully saturated rings. The van der Waals surface area contributed by atoms with Crippen LogP contribution in [0.15, 0.2) is 59.7 Å². The van der Waals surface area contributed by atoms with Gasteiger partial charge in [-0.05, 0) is 80.4 Å². The van der Waals surface area contributed by atoms with Gasteiger partial charge in [-0.25, -0.2) is 0 Å². The smallest absolute Gasteiger partial charge is 0.137 e. The number of hydrogen-bond donors (Lipinski definition) is 1. The minimum Gasteiger partial charge on any atom is -0.389 e. The van der Waals surface area contributed by atoms with E-state index in [0.717, 1.165) is 37.4 Å². The number of Topliss-reactive ketones (excluding diaryl/α,β-unsaturated/α-hetero) is 1. The van der Waals surface area contributed by atoms with Crippen LogP contribution in [0.25, 0.3) is 0 Å². The normalized spacial score (nSPS) is 36.1. The average Bonchev–Trinajstić information content (AvgIpc) is 3.03.